The van der Waals surface area contributed by atoms with Crippen LogP contribution in [0.4, 0.5) is 4.79 Å². The van der Waals surface area contributed by atoms with E-state index in [1.165, 1.54) is 11.1 Å². The normalized spacial score (nSPS) is 20.4. The minimum absolute atomic E-state index is 0.123. The first kappa shape index (κ1) is 9.06. The molecule has 14 heavy (non-hydrogen) atoms. The lowest BCUT2D eigenvalue weighted by Gasteiger charge is -2.09. The predicted octanol–water partition coefficient (Wildman–Crippen LogP) is 2.08. The van der Waals surface area contributed by atoms with E-state index in [-0.39, 0.29) is 12.2 Å². The van der Waals surface area contributed by atoms with Crippen LogP contribution in [0, 0.1) is 13.8 Å². The van der Waals surface area contributed by atoms with E-state index in [4.69, 9.17) is 4.74 Å². The number of benzene rings is 1. The van der Waals surface area contributed by atoms with Gasteiger partial charge in [0.25, 0.3) is 0 Å². The van der Waals surface area contributed by atoms with Crippen LogP contribution in [-0.4, -0.2) is 12.6 Å². The molecule has 3 heteroatoms. The minimum atomic E-state index is -0.326. The van der Waals surface area contributed by atoms with Crippen molar-refractivity contribution >= 4 is 6.09 Å². The van der Waals surface area contributed by atoms with Crippen molar-refractivity contribution in [3.8, 4) is 0 Å². The highest BCUT2D eigenvalue weighted by Gasteiger charge is 2.23. The summed E-state index contributed by atoms with van der Waals surface area (Å²) in [7, 11) is 0. The Hall–Kier alpha value is -1.51. The molecule has 1 saturated heterocycles. The van der Waals surface area contributed by atoms with Crippen molar-refractivity contribution in [2.45, 2.75) is 20.0 Å². The third kappa shape index (κ3) is 1.58. The van der Waals surface area contributed by atoms with Gasteiger partial charge in [-0.25, -0.2) is 4.79 Å². The molecule has 1 unspecified atom stereocenters. The molecular formula is C11H13NO2. The number of alkyl carbamates (subject to hydrolysis) is 1. The van der Waals surface area contributed by atoms with E-state index < -0.39 is 0 Å². The summed E-state index contributed by atoms with van der Waals surface area (Å²) in [6.45, 7) is 4.70. The van der Waals surface area contributed by atoms with Crippen molar-refractivity contribution in [1.82, 2.24) is 5.32 Å². The van der Waals surface area contributed by atoms with E-state index in [0.717, 1.165) is 5.56 Å². The molecule has 0 radical (unpaired) electrons. The van der Waals surface area contributed by atoms with Gasteiger partial charge in [0.15, 0.2) is 0 Å². The highest BCUT2D eigenvalue weighted by Crippen LogP contribution is 2.22. The van der Waals surface area contributed by atoms with Crippen molar-refractivity contribution in [3.63, 3.8) is 0 Å². The number of nitrogens with one attached hydrogen (secondary N) is 1. The maximum Gasteiger partial charge on any atom is 0.407 e. The Kier molecular flexibility index (Phi) is 2.15. The molecule has 0 aliphatic carbocycles. The Bertz CT molecular complexity index is 374. The average Bonchev–Trinajstić information content (AvgIpc) is 2.57. The molecule has 0 aromatic heterocycles. The van der Waals surface area contributed by atoms with Crippen LogP contribution in [0.3, 0.4) is 0 Å². The number of carbonyl (C=O) groups is 1. The highest BCUT2D eigenvalue weighted by molar-refractivity contribution is 5.69. The number of cyclic esters (lactones) is 1. The van der Waals surface area contributed by atoms with Gasteiger partial charge in [0.2, 0.25) is 0 Å². The molecule has 1 heterocycles. The van der Waals surface area contributed by atoms with Gasteiger partial charge in [-0.2, -0.15) is 0 Å². The molecule has 1 aromatic carbocycles. The molecule has 1 aliphatic heterocycles. The molecule has 1 fully saturated rings. The second kappa shape index (κ2) is 3.33. The van der Waals surface area contributed by atoms with Crippen molar-refractivity contribution in [2.24, 2.45) is 0 Å². The molecular weight excluding hydrogens is 178 g/mol. The first-order valence-electron chi connectivity index (χ1n) is 4.68. The summed E-state index contributed by atoms with van der Waals surface area (Å²) in [6.07, 6.45) is -0.449. The number of hydrogen-bond acceptors (Lipinski definition) is 2. The van der Waals surface area contributed by atoms with Crippen LogP contribution in [0.5, 0.6) is 0 Å². The zero-order valence-electron chi connectivity index (χ0n) is 8.33. The van der Waals surface area contributed by atoms with E-state index in [1.807, 2.05) is 6.07 Å². The molecule has 0 spiro atoms. The first-order chi connectivity index (χ1) is 6.66. The summed E-state index contributed by atoms with van der Waals surface area (Å²) in [4.78, 5) is 10.8. The summed E-state index contributed by atoms with van der Waals surface area (Å²) < 4.78 is 5.09. The van der Waals surface area contributed by atoms with Gasteiger partial charge < -0.3 is 10.1 Å². The smallest absolute Gasteiger partial charge is 0.407 e. The standard InChI is InChI=1S/C11H13NO2/c1-7-3-4-9(5-8(7)2)10-6-12-11(13)14-10/h3-5,10H,6H2,1-2H3,(H,12,13). The quantitative estimate of drug-likeness (QED) is 0.738. The van der Waals surface area contributed by atoms with Crippen LogP contribution < -0.4 is 5.32 Å². The third-order valence-corrected chi connectivity index (χ3v) is 2.58. The van der Waals surface area contributed by atoms with Gasteiger partial charge in [-0.1, -0.05) is 18.2 Å². The maximum atomic E-state index is 10.8. The largest absolute Gasteiger partial charge is 0.439 e. The first-order valence-corrected chi connectivity index (χ1v) is 4.68. The fourth-order valence-electron chi connectivity index (χ4n) is 1.54. The Balaban J connectivity index is 2.24. The summed E-state index contributed by atoms with van der Waals surface area (Å²) in [6, 6.07) is 6.13. The number of hydrogen-bond donors (Lipinski definition) is 1. The third-order valence-electron chi connectivity index (χ3n) is 2.58. The van der Waals surface area contributed by atoms with Gasteiger partial charge in [-0.15, -0.1) is 0 Å². The Morgan fingerprint density at radius 1 is 1.36 bits per heavy atom. The van der Waals surface area contributed by atoms with Crippen LogP contribution in [0.2, 0.25) is 0 Å². The van der Waals surface area contributed by atoms with Crippen LogP contribution in [-0.2, 0) is 4.74 Å². The van der Waals surface area contributed by atoms with E-state index in [0.29, 0.717) is 6.54 Å². The minimum Gasteiger partial charge on any atom is -0.439 e. The van der Waals surface area contributed by atoms with Crippen molar-refractivity contribution in [1.29, 1.82) is 0 Å². The van der Waals surface area contributed by atoms with Gasteiger partial charge in [-0.05, 0) is 30.5 Å². The summed E-state index contributed by atoms with van der Waals surface area (Å²) in [5.74, 6) is 0. The van der Waals surface area contributed by atoms with Crippen LogP contribution in [0.1, 0.15) is 22.8 Å². The zero-order chi connectivity index (χ0) is 10.1. The van der Waals surface area contributed by atoms with Crippen molar-refractivity contribution in [2.75, 3.05) is 6.54 Å². The van der Waals surface area contributed by atoms with E-state index in [2.05, 4.69) is 31.3 Å². The molecule has 1 N–H and O–H groups in total. The molecule has 1 aromatic rings. The number of carbonyl (C=O) groups excluding carboxylic acids is 1. The van der Waals surface area contributed by atoms with Crippen LogP contribution in [0.25, 0.3) is 0 Å². The second-order valence-corrected chi connectivity index (χ2v) is 3.62. The molecule has 1 atom stereocenters. The number of rotatable bonds is 1. The highest BCUT2D eigenvalue weighted by atomic mass is 16.6. The molecule has 3 nitrogen and oxygen atoms in total. The molecule has 74 valence electrons. The Morgan fingerprint density at radius 3 is 2.71 bits per heavy atom. The number of aryl methyl sites for hydroxylation is 2. The van der Waals surface area contributed by atoms with Crippen LogP contribution in [0.15, 0.2) is 18.2 Å². The average molecular weight is 191 g/mol. The molecule has 0 bridgehead atoms. The molecule has 1 aliphatic rings. The van der Waals surface area contributed by atoms with Crippen LogP contribution >= 0.6 is 0 Å². The Labute approximate surface area is 83.1 Å². The van der Waals surface area contributed by atoms with Gasteiger partial charge >= 0.3 is 6.09 Å². The molecule has 1 amide bonds. The van der Waals surface area contributed by atoms with Crippen molar-refractivity contribution < 1.29 is 9.53 Å². The lowest BCUT2D eigenvalue weighted by Crippen LogP contribution is -2.12. The van der Waals surface area contributed by atoms with Gasteiger partial charge in [-0.3, -0.25) is 0 Å². The monoisotopic (exact) mass is 191 g/mol. The topological polar surface area (TPSA) is 38.3 Å². The van der Waals surface area contributed by atoms with E-state index in [1.54, 1.807) is 0 Å². The summed E-state index contributed by atoms with van der Waals surface area (Å²) in [5, 5.41) is 2.64. The summed E-state index contributed by atoms with van der Waals surface area (Å²) >= 11 is 0. The maximum absolute atomic E-state index is 10.8. The van der Waals surface area contributed by atoms with Gasteiger partial charge in [0, 0.05) is 0 Å². The van der Waals surface area contributed by atoms with E-state index in [9.17, 15) is 4.79 Å². The Morgan fingerprint density at radius 2 is 2.14 bits per heavy atom. The van der Waals surface area contributed by atoms with Gasteiger partial charge in [0.05, 0.1) is 6.54 Å². The zero-order valence-corrected chi connectivity index (χ0v) is 8.33. The fourth-order valence-corrected chi connectivity index (χ4v) is 1.54. The molecule has 2 rings (SSSR count). The second-order valence-electron chi connectivity index (χ2n) is 3.62. The van der Waals surface area contributed by atoms with Crippen molar-refractivity contribution in [3.05, 3.63) is 34.9 Å². The molecule has 0 saturated carbocycles. The lowest BCUT2D eigenvalue weighted by atomic mass is 10.0. The van der Waals surface area contributed by atoms with E-state index >= 15 is 0 Å². The lowest BCUT2D eigenvalue weighted by molar-refractivity contribution is 0.141. The summed E-state index contributed by atoms with van der Waals surface area (Å²) in [5.41, 5.74) is 3.54. The SMILES string of the molecule is Cc1ccc(C2CNC(=O)O2)cc1C. The predicted molar refractivity (Wildman–Crippen MR) is 53.1 cm³/mol. The van der Waals surface area contributed by atoms with Gasteiger partial charge in [0.1, 0.15) is 6.10 Å². The fraction of sp³-hybridized carbons (Fsp3) is 0.364. The number of ether oxygens (including phenoxy) is 1. The number of amides is 1.